The number of ether oxygens (including phenoxy) is 1. The Hall–Kier alpha value is -6.20. The standard InChI is InChI=1S/C48H37BN2O2/c1-4-13-32(14-5-1)33-23-25-36(26-24-33)50(34-15-6-2-7-16-34)37-27-28-38-39-30-47-41(31-46(39)53-45(38)29-37)49-40-19-10-11-20-42(40)51(35-17-8-3-9-18-35)43-21-12-22-44(52-47)48(43)49/h2-3,6-12,15-32H,1,4-5,13-14H2. The molecule has 2 aliphatic heterocycles. The molecule has 0 unspecified atom stereocenters. The summed E-state index contributed by atoms with van der Waals surface area (Å²) in [7, 11) is 0. The van der Waals surface area contributed by atoms with Gasteiger partial charge in [0.05, 0.1) is 0 Å². The van der Waals surface area contributed by atoms with Crippen molar-refractivity contribution in [3.63, 3.8) is 0 Å². The third kappa shape index (κ3) is 4.91. The summed E-state index contributed by atoms with van der Waals surface area (Å²) >= 11 is 0. The Labute approximate surface area is 310 Å². The van der Waals surface area contributed by atoms with Gasteiger partial charge in [-0.1, -0.05) is 92.1 Å². The smallest absolute Gasteiger partial charge is 0.256 e. The molecule has 3 aliphatic rings. The number of rotatable bonds is 5. The Morgan fingerprint density at radius 1 is 0.528 bits per heavy atom. The van der Waals surface area contributed by atoms with Gasteiger partial charge in [0.15, 0.2) is 0 Å². The molecule has 0 N–H and O–H groups in total. The van der Waals surface area contributed by atoms with Crippen LogP contribution < -0.4 is 30.9 Å². The molecule has 0 bridgehead atoms. The minimum Gasteiger partial charge on any atom is -0.458 e. The first-order chi connectivity index (χ1) is 26.3. The van der Waals surface area contributed by atoms with Gasteiger partial charge in [0.1, 0.15) is 22.7 Å². The molecule has 0 atom stereocenters. The van der Waals surface area contributed by atoms with E-state index in [9.17, 15) is 0 Å². The predicted octanol–water partition coefficient (Wildman–Crippen LogP) is 11.5. The Kier molecular flexibility index (Phi) is 7.01. The van der Waals surface area contributed by atoms with Gasteiger partial charge >= 0.3 is 0 Å². The lowest BCUT2D eigenvalue weighted by Gasteiger charge is -2.39. The molecule has 254 valence electrons. The molecule has 1 aromatic heterocycles. The Morgan fingerprint density at radius 2 is 1.23 bits per heavy atom. The number of furan rings is 1. The van der Waals surface area contributed by atoms with E-state index < -0.39 is 0 Å². The minimum absolute atomic E-state index is 0.0134. The van der Waals surface area contributed by atoms with E-state index in [-0.39, 0.29) is 6.71 Å². The van der Waals surface area contributed by atoms with Gasteiger partial charge in [0, 0.05) is 51.0 Å². The third-order valence-electron chi connectivity index (χ3n) is 11.7. The second kappa shape index (κ2) is 12.2. The van der Waals surface area contributed by atoms with Crippen molar-refractivity contribution in [3.05, 3.63) is 163 Å². The van der Waals surface area contributed by atoms with Gasteiger partial charge in [0.25, 0.3) is 6.71 Å². The number of para-hydroxylation sites is 3. The summed E-state index contributed by atoms with van der Waals surface area (Å²) in [5, 5.41) is 2.14. The van der Waals surface area contributed by atoms with Crippen LogP contribution in [0.3, 0.4) is 0 Å². The number of fused-ring (bicyclic) bond motifs is 7. The zero-order valence-electron chi connectivity index (χ0n) is 29.4. The summed E-state index contributed by atoms with van der Waals surface area (Å²) in [5.74, 6) is 2.46. The van der Waals surface area contributed by atoms with Gasteiger partial charge in [0.2, 0.25) is 0 Å². The highest BCUT2D eigenvalue weighted by molar-refractivity contribution is 6.99. The zero-order valence-corrected chi connectivity index (χ0v) is 29.4. The van der Waals surface area contributed by atoms with Crippen LogP contribution in [0.4, 0.5) is 34.1 Å². The van der Waals surface area contributed by atoms with Crippen molar-refractivity contribution in [1.29, 1.82) is 0 Å². The summed E-state index contributed by atoms with van der Waals surface area (Å²) < 4.78 is 13.6. The van der Waals surface area contributed by atoms with Crippen LogP contribution in [-0.2, 0) is 0 Å². The molecule has 0 spiro atoms. The van der Waals surface area contributed by atoms with Crippen molar-refractivity contribution < 1.29 is 9.15 Å². The van der Waals surface area contributed by atoms with Crippen molar-refractivity contribution in [2.24, 2.45) is 0 Å². The van der Waals surface area contributed by atoms with E-state index in [1.54, 1.807) is 0 Å². The first-order valence-electron chi connectivity index (χ1n) is 19.0. The van der Waals surface area contributed by atoms with Crippen LogP contribution in [-0.4, -0.2) is 6.71 Å². The topological polar surface area (TPSA) is 28.9 Å². The van der Waals surface area contributed by atoms with Crippen LogP contribution >= 0.6 is 0 Å². The quantitative estimate of drug-likeness (QED) is 0.169. The van der Waals surface area contributed by atoms with Crippen LogP contribution in [0, 0.1) is 0 Å². The Morgan fingerprint density at radius 3 is 2.06 bits per heavy atom. The first-order valence-corrected chi connectivity index (χ1v) is 19.0. The fourth-order valence-corrected chi connectivity index (χ4v) is 9.24. The van der Waals surface area contributed by atoms with Gasteiger partial charge in [-0.2, -0.15) is 0 Å². The summed E-state index contributed by atoms with van der Waals surface area (Å²) in [6.07, 6.45) is 6.64. The SMILES string of the molecule is c1ccc(N(c2ccc(C3CCCCC3)cc2)c2ccc3c(c2)oc2cc4c(cc23)Oc2cccc3c2B4c2ccccc2N3c2ccccc2)cc1. The van der Waals surface area contributed by atoms with E-state index in [2.05, 4.69) is 168 Å². The molecule has 5 heteroatoms. The van der Waals surface area contributed by atoms with Crippen LogP contribution in [0.2, 0.25) is 0 Å². The van der Waals surface area contributed by atoms with Crippen LogP contribution in [0.25, 0.3) is 21.9 Å². The molecule has 0 saturated heterocycles. The molecule has 0 amide bonds. The van der Waals surface area contributed by atoms with Crippen LogP contribution in [0.15, 0.2) is 162 Å². The van der Waals surface area contributed by atoms with E-state index in [0.717, 1.165) is 67.3 Å². The monoisotopic (exact) mass is 684 g/mol. The van der Waals surface area contributed by atoms with Crippen LogP contribution in [0.5, 0.6) is 11.5 Å². The van der Waals surface area contributed by atoms with E-state index in [4.69, 9.17) is 9.15 Å². The van der Waals surface area contributed by atoms with Gasteiger partial charge in [-0.05, 0) is 120 Å². The highest BCUT2D eigenvalue weighted by Crippen LogP contribution is 2.43. The van der Waals surface area contributed by atoms with Crippen molar-refractivity contribution in [1.82, 2.24) is 0 Å². The maximum Gasteiger partial charge on any atom is 0.256 e. The summed E-state index contributed by atoms with van der Waals surface area (Å²) in [4.78, 5) is 4.70. The predicted molar refractivity (Wildman–Crippen MR) is 220 cm³/mol. The summed E-state index contributed by atoms with van der Waals surface area (Å²) in [6, 6.07) is 56.8. The average Bonchev–Trinajstić information content (AvgIpc) is 3.58. The van der Waals surface area contributed by atoms with Gasteiger partial charge < -0.3 is 19.0 Å². The molecule has 1 fully saturated rings. The van der Waals surface area contributed by atoms with Gasteiger partial charge in [-0.15, -0.1) is 0 Å². The molecule has 0 radical (unpaired) electrons. The maximum atomic E-state index is 6.80. The van der Waals surface area contributed by atoms with Crippen molar-refractivity contribution >= 4 is 79.2 Å². The largest absolute Gasteiger partial charge is 0.458 e. The van der Waals surface area contributed by atoms with E-state index >= 15 is 0 Å². The Balaban J connectivity index is 1.03. The lowest BCUT2D eigenvalue weighted by molar-refractivity contribution is 0.443. The lowest BCUT2D eigenvalue weighted by Crippen LogP contribution is -2.59. The van der Waals surface area contributed by atoms with Crippen molar-refractivity contribution in [3.8, 4) is 11.5 Å². The molecule has 8 aromatic rings. The highest BCUT2D eigenvalue weighted by atomic mass is 16.5. The molecule has 1 saturated carbocycles. The second-order valence-corrected chi connectivity index (χ2v) is 14.7. The third-order valence-corrected chi connectivity index (χ3v) is 11.7. The lowest BCUT2D eigenvalue weighted by atomic mass is 9.34. The fourth-order valence-electron chi connectivity index (χ4n) is 9.24. The van der Waals surface area contributed by atoms with Crippen molar-refractivity contribution in [2.45, 2.75) is 38.0 Å². The fraction of sp³-hybridized carbons (Fsp3) is 0.125. The van der Waals surface area contributed by atoms with Crippen molar-refractivity contribution in [2.75, 3.05) is 9.80 Å². The normalized spacial score (nSPS) is 14.8. The molecule has 1 aliphatic carbocycles. The molecule has 4 nitrogen and oxygen atoms in total. The average molecular weight is 685 g/mol. The molecule has 7 aromatic carbocycles. The molecule has 11 rings (SSSR count). The van der Waals surface area contributed by atoms with Gasteiger partial charge in [-0.3, -0.25) is 0 Å². The summed E-state index contributed by atoms with van der Waals surface area (Å²) in [5.41, 5.74) is 13.5. The molecule has 3 heterocycles. The first kappa shape index (κ1) is 30.4. The maximum absolute atomic E-state index is 6.80. The van der Waals surface area contributed by atoms with Gasteiger partial charge in [-0.25, -0.2) is 0 Å². The number of benzene rings is 7. The zero-order chi connectivity index (χ0) is 34.9. The molecular weight excluding hydrogens is 647 g/mol. The number of hydrogen-bond acceptors (Lipinski definition) is 4. The summed E-state index contributed by atoms with van der Waals surface area (Å²) in [6.45, 7) is 0.0134. The minimum atomic E-state index is 0.0134. The Bertz CT molecular complexity index is 2650. The van der Waals surface area contributed by atoms with E-state index in [1.807, 2.05) is 0 Å². The number of nitrogens with zero attached hydrogens (tertiary/aromatic N) is 2. The second-order valence-electron chi connectivity index (χ2n) is 14.7. The number of hydrogen-bond donors (Lipinski definition) is 0. The van der Waals surface area contributed by atoms with E-state index in [1.165, 1.54) is 54.3 Å². The molecular formula is C48H37BN2O2. The van der Waals surface area contributed by atoms with Crippen LogP contribution in [0.1, 0.15) is 43.6 Å². The highest BCUT2D eigenvalue weighted by Gasteiger charge is 2.42. The molecule has 53 heavy (non-hydrogen) atoms. The number of anilines is 6. The van der Waals surface area contributed by atoms with E-state index in [0.29, 0.717) is 5.92 Å².